The van der Waals surface area contributed by atoms with Gasteiger partial charge < -0.3 is 10.1 Å². The van der Waals surface area contributed by atoms with E-state index in [1.165, 1.54) is 6.08 Å². The predicted molar refractivity (Wildman–Crippen MR) is 85.3 cm³/mol. The maximum Gasteiger partial charge on any atom is 0.244 e. The number of para-hydroxylation sites is 1. The van der Waals surface area contributed by atoms with Crippen LogP contribution in [-0.4, -0.2) is 29.6 Å². The van der Waals surface area contributed by atoms with Crippen molar-refractivity contribution in [2.45, 2.75) is 25.4 Å². The molecule has 1 amide bonds. The van der Waals surface area contributed by atoms with E-state index in [0.29, 0.717) is 6.54 Å². The number of amides is 1. The molecule has 0 aliphatic carbocycles. The molecule has 1 aliphatic heterocycles. The van der Waals surface area contributed by atoms with Gasteiger partial charge in [0.2, 0.25) is 5.91 Å². The van der Waals surface area contributed by atoms with E-state index >= 15 is 0 Å². The zero-order valence-corrected chi connectivity index (χ0v) is 12.8. The van der Waals surface area contributed by atoms with Crippen LogP contribution in [0, 0.1) is 0 Å². The summed E-state index contributed by atoms with van der Waals surface area (Å²) in [5.74, 6) is -0.106. The Morgan fingerprint density at radius 3 is 3.14 bits per heavy atom. The molecule has 0 saturated carbocycles. The van der Waals surface area contributed by atoms with Gasteiger partial charge in [-0.3, -0.25) is 4.79 Å². The molecule has 2 aromatic rings. The van der Waals surface area contributed by atoms with E-state index < -0.39 is 0 Å². The van der Waals surface area contributed by atoms with Crippen molar-refractivity contribution in [3.05, 3.63) is 35.3 Å². The van der Waals surface area contributed by atoms with Gasteiger partial charge >= 0.3 is 0 Å². The van der Waals surface area contributed by atoms with Crippen LogP contribution >= 0.6 is 11.3 Å². The monoisotopic (exact) mass is 302 g/mol. The van der Waals surface area contributed by atoms with Crippen LogP contribution in [-0.2, 0) is 9.53 Å². The molecule has 1 saturated heterocycles. The second kappa shape index (κ2) is 5.95. The van der Waals surface area contributed by atoms with Gasteiger partial charge in [-0.15, -0.1) is 11.3 Å². The predicted octanol–water partition coefficient (Wildman–Crippen LogP) is 2.99. The molecule has 1 unspecified atom stereocenters. The summed E-state index contributed by atoms with van der Waals surface area (Å²) >= 11 is 1.58. The molecular formula is C16H18N2O2S. The second-order valence-electron chi connectivity index (χ2n) is 5.47. The van der Waals surface area contributed by atoms with Gasteiger partial charge in [0.15, 0.2) is 0 Å². The number of carbonyl (C=O) groups excluding carboxylic acids is 1. The van der Waals surface area contributed by atoms with Crippen LogP contribution in [0.3, 0.4) is 0 Å². The lowest BCUT2D eigenvalue weighted by Crippen LogP contribution is -2.39. The molecule has 0 bridgehead atoms. The highest BCUT2D eigenvalue weighted by molar-refractivity contribution is 7.19. The molecule has 0 radical (unpaired) electrons. The van der Waals surface area contributed by atoms with Gasteiger partial charge in [-0.05, 0) is 38.0 Å². The van der Waals surface area contributed by atoms with Crippen molar-refractivity contribution < 1.29 is 9.53 Å². The Labute approximate surface area is 127 Å². The Morgan fingerprint density at radius 2 is 2.38 bits per heavy atom. The van der Waals surface area contributed by atoms with Gasteiger partial charge in [0.25, 0.3) is 0 Å². The SMILES string of the molecule is CC1(CNC(=O)C=Cc2nc3ccccc3s2)CCCO1. The van der Waals surface area contributed by atoms with Gasteiger partial charge in [-0.1, -0.05) is 12.1 Å². The number of carbonyl (C=O) groups is 1. The number of benzene rings is 1. The molecule has 4 nitrogen and oxygen atoms in total. The van der Waals surface area contributed by atoms with Gasteiger partial charge in [0, 0.05) is 19.2 Å². The highest BCUT2D eigenvalue weighted by Crippen LogP contribution is 2.24. The van der Waals surface area contributed by atoms with E-state index in [0.717, 1.165) is 34.7 Å². The fraction of sp³-hybridized carbons (Fsp3) is 0.375. The zero-order chi connectivity index (χ0) is 14.7. The number of hydrogen-bond donors (Lipinski definition) is 1. The first-order chi connectivity index (χ1) is 10.1. The maximum absolute atomic E-state index is 11.9. The standard InChI is InChI=1S/C16H18N2O2S/c1-16(9-4-10-20-16)11-17-14(19)7-8-15-18-12-5-2-3-6-13(12)21-15/h2-3,5-8H,4,9-11H2,1H3,(H,17,19). The molecule has 1 N–H and O–H groups in total. The van der Waals surface area contributed by atoms with Crippen molar-refractivity contribution in [1.82, 2.24) is 10.3 Å². The Balaban J connectivity index is 1.58. The number of fused-ring (bicyclic) bond motifs is 1. The lowest BCUT2D eigenvalue weighted by molar-refractivity contribution is -0.117. The molecule has 2 heterocycles. The number of aromatic nitrogens is 1. The van der Waals surface area contributed by atoms with Gasteiger partial charge in [-0.25, -0.2) is 4.98 Å². The van der Waals surface area contributed by atoms with Crippen molar-refractivity contribution in [1.29, 1.82) is 0 Å². The molecule has 110 valence electrons. The average Bonchev–Trinajstić information content (AvgIpc) is 3.09. The number of thiazole rings is 1. The summed E-state index contributed by atoms with van der Waals surface area (Å²) in [6.45, 7) is 3.38. The second-order valence-corrected chi connectivity index (χ2v) is 6.54. The Morgan fingerprint density at radius 1 is 1.52 bits per heavy atom. The normalized spacial score (nSPS) is 22.1. The lowest BCUT2D eigenvalue weighted by Gasteiger charge is -2.22. The third kappa shape index (κ3) is 3.49. The molecule has 21 heavy (non-hydrogen) atoms. The minimum Gasteiger partial charge on any atom is -0.373 e. The molecular weight excluding hydrogens is 284 g/mol. The van der Waals surface area contributed by atoms with Crippen molar-refractivity contribution in [3.8, 4) is 0 Å². The van der Waals surface area contributed by atoms with Crippen LogP contribution in [0.4, 0.5) is 0 Å². The summed E-state index contributed by atoms with van der Waals surface area (Å²) in [6, 6.07) is 7.96. The minimum atomic E-state index is -0.209. The largest absolute Gasteiger partial charge is 0.373 e. The smallest absolute Gasteiger partial charge is 0.244 e. The number of rotatable bonds is 4. The lowest BCUT2D eigenvalue weighted by atomic mass is 10.0. The maximum atomic E-state index is 11.9. The summed E-state index contributed by atoms with van der Waals surface area (Å²) in [7, 11) is 0. The highest BCUT2D eigenvalue weighted by Gasteiger charge is 2.29. The van der Waals surface area contributed by atoms with Crippen molar-refractivity contribution >= 4 is 33.5 Å². The van der Waals surface area contributed by atoms with E-state index in [9.17, 15) is 4.79 Å². The van der Waals surface area contributed by atoms with Crippen LogP contribution in [0.15, 0.2) is 30.3 Å². The quantitative estimate of drug-likeness (QED) is 0.883. The fourth-order valence-electron chi connectivity index (χ4n) is 2.42. The van der Waals surface area contributed by atoms with Crippen molar-refractivity contribution in [2.75, 3.05) is 13.2 Å². The van der Waals surface area contributed by atoms with E-state index in [1.807, 2.05) is 31.2 Å². The number of hydrogen-bond acceptors (Lipinski definition) is 4. The molecule has 5 heteroatoms. The summed E-state index contributed by atoms with van der Waals surface area (Å²) in [6.07, 6.45) is 5.36. The Hall–Kier alpha value is -1.72. The van der Waals surface area contributed by atoms with E-state index in [-0.39, 0.29) is 11.5 Å². The van der Waals surface area contributed by atoms with E-state index in [4.69, 9.17) is 4.74 Å². The summed E-state index contributed by atoms with van der Waals surface area (Å²) < 4.78 is 6.77. The van der Waals surface area contributed by atoms with Crippen LogP contribution in [0.1, 0.15) is 24.8 Å². The number of ether oxygens (including phenoxy) is 1. The van der Waals surface area contributed by atoms with Crippen molar-refractivity contribution in [3.63, 3.8) is 0 Å². The van der Waals surface area contributed by atoms with Gasteiger partial charge in [0.05, 0.1) is 15.8 Å². The molecule has 1 aliphatic rings. The van der Waals surface area contributed by atoms with Gasteiger partial charge in [0.1, 0.15) is 5.01 Å². The third-order valence-corrected chi connectivity index (χ3v) is 4.63. The van der Waals surface area contributed by atoms with E-state index in [2.05, 4.69) is 10.3 Å². The number of nitrogens with one attached hydrogen (secondary N) is 1. The first-order valence-electron chi connectivity index (χ1n) is 7.10. The van der Waals surface area contributed by atoms with Crippen LogP contribution < -0.4 is 5.32 Å². The molecule has 1 aromatic carbocycles. The van der Waals surface area contributed by atoms with E-state index in [1.54, 1.807) is 17.4 Å². The van der Waals surface area contributed by atoms with Crippen LogP contribution in [0.25, 0.3) is 16.3 Å². The Bertz CT molecular complexity index is 639. The Kier molecular flexibility index (Phi) is 4.03. The molecule has 1 fully saturated rings. The first kappa shape index (κ1) is 14.2. The fourth-order valence-corrected chi connectivity index (χ4v) is 3.29. The highest BCUT2D eigenvalue weighted by atomic mass is 32.1. The van der Waals surface area contributed by atoms with Crippen molar-refractivity contribution in [2.24, 2.45) is 0 Å². The zero-order valence-electron chi connectivity index (χ0n) is 12.0. The molecule has 0 spiro atoms. The summed E-state index contributed by atoms with van der Waals surface area (Å²) in [4.78, 5) is 16.3. The first-order valence-corrected chi connectivity index (χ1v) is 7.92. The summed E-state index contributed by atoms with van der Waals surface area (Å²) in [5.41, 5.74) is 0.758. The average molecular weight is 302 g/mol. The van der Waals surface area contributed by atoms with Crippen LogP contribution in [0.5, 0.6) is 0 Å². The topological polar surface area (TPSA) is 51.2 Å². The minimum absolute atomic E-state index is 0.106. The third-order valence-electron chi connectivity index (χ3n) is 3.62. The molecule has 1 atom stereocenters. The number of nitrogens with zero attached hydrogens (tertiary/aromatic N) is 1. The molecule has 3 rings (SSSR count). The summed E-state index contributed by atoms with van der Waals surface area (Å²) in [5, 5.41) is 3.74. The van der Waals surface area contributed by atoms with Gasteiger partial charge in [-0.2, -0.15) is 0 Å². The molecule has 1 aromatic heterocycles. The van der Waals surface area contributed by atoms with Crippen LogP contribution in [0.2, 0.25) is 0 Å².